The third-order valence-corrected chi connectivity index (χ3v) is 1.17. The van der Waals surface area contributed by atoms with Crippen LogP contribution < -0.4 is 0 Å². The van der Waals surface area contributed by atoms with Crippen LogP contribution >= 0.6 is 15.9 Å². The summed E-state index contributed by atoms with van der Waals surface area (Å²) in [6.45, 7) is 0.378. The van der Waals surface area contributed by atoms with E-state index in [0.29, 0.717) is 6.54 Å². The van der Waals surface area contributed by atoms with Gasteiger partial charge in [0, 0.05) is 0 Å². The highest BCUT2D eigenvalue weighted by atomic mass is 79.9. The summed E-state index contributed by atoms with van der Waals surface area (Å²) in [6, 6.07) is 0. The Morgan fingerprint density at radius 1 is 1.88 bits per heavy atom. The van der Waals surface area contributed by atoms with Crippen LogP contribution in [0.25, 0.3) is 0 Å². The van der Waals surface area contributed by atoms with Crippen molar-refractivity contribution in [3.05, 3.63) is 15.6 Å². The maximum atomic E-state index is 10.4. The molecule has 0 aromatic heterocycles. The topological polar surface area (TPSA) is 32.4 Å². The third-order valence-electron chi connectivity index (χ3n) is 0.717. The molecule has 0 bridgehead atoms. The second-order valence-electron chi connectivity index (χ2n) is 1.42. The van der Waals surface area contributed by atoms with E-state index in [9.17, 15) is 4.91 Å². The van der Waals surface area contributed by atoms with Crippen molar-refractivity contribution in [2.24, 2.45) is 4.99 Å². The van der Waals surface area contributed by atoms with E-state index in [2.05, 4.69) is 20.9 Å². The fourth-order valence-corrected chi connectivity index (χ4v) is 0.784. The highest BCUT2D eigenvalue weighted by Crippen LogP contribution is 2.06. The van der Waals surface area contributed by atoms with E-state index in [4.69, 9.17) is 0 Å². The molecule has 3 nitrogen and oxygen atoms in total. The van der Waals surface area contributed by atoms with E-state index < -0.39 is 0 Å². The number of hydrogen-bond donors (Lipinski definition) is 0. The molecule has 42 valence electrons. The van der Waals surface area contributed by atoms with E-state index in [1.807, 2.05) is 0 Å². The highest BCUT2D eigenvalue weighted by molar-refractivity contribution is 9.11. The lowest BCUT2D eigenvalue weighted by Crippen LogP contribution is -2.09. The zero-order valence-corrected chi connectivity index (χ0v) is 5.63. The normalized spacial score (nSPS) is 18.6. The lowest BCUT2D eigenvalue weighted by Gasteiger charge is -1.89. The van der Waals surface area contributed by atoms with Gasteiger partial charge in [0.25, 0.3) is 0 Å². The Balaban J connectivity index is 2.73. The molecule has 8 heavy (non-hydrogen) atoms. The first kappa shape index (κ1) is 5.62. The molecule has 0 N–H and O–H groups in total. The van der Waals surface area contributed by atoms with Gasteiger partial charge in [-0.25, -0.2) is 0 Å². The molecule has 0 aliphatic carbocycles. The highest BCUT2D eigenvalue weighted by Gasteiger charge is 2.08. The Bertz CT molecular complexity index is 173. The van der Waals surface area contributed by atoms with Crippen LogP contribution in [-0.4, -0.2) is 17.6 Å². The van der Waals surface area contributed by atoms with Gasteiger partial charge in [-0.2, -0.15) is 0 Å². The Hall–Kier alpha value is -0.510. The molecule has 0 saturated heterocycles. The molecule has 0 fully saturated rings. The predicted octanol–water partition coefficient (Wildman–Crippen LogP) is 1.04. The maximum Gasteiger partial charge on any atom is 0.324 e. The van der Waals surface area contributed by atoms with Crippen molar-refractivity contribution in [1.82, 2.24) is 0 Å². The second-order valence-corrected chi connectivity index (χ2v) is 2.43. The number of rotatable bonds is 0. The largest absolute Gasteiger partial charge is 0.324 e. The van der Waals surface area contributed by atoms with Crippen molar-refractivity contribution < 1.29 is 4.76 Å². The molecule has 1 rings (SSSR count). The molecule has 1 aliphatic heterocycles. The van der Waals surface area contributed by atoms with Crippen LogP contribution in [0.15, 0.2) is 15.7 Å². The Morgan fingerprint density at radius 3 is 3.00 bits per heavy atom. The first-order valence-corrected chi connectivity index (χ1v) is 2.90. The summed E-state index contributed by atoms with van der Waals surface area (Å²) in [4.78, 5) is 14.0. The monoisotopic (exact) mass is 175 g/mol. The summed E-state index contributed by atoms with van der Waals surface area (Å²) in [5.41, 5.74) is 0. The van der Waals surface area contributed by atoms with Crippen LogP contribution in [0.1, 0.15) is 0 Å². The minimum atomic E-state index is 0.378. The van der Waals surface area contributed by atoms with E-state index >= 15 is 0 Å². The Morgan fingerprint density at radius 2 is 2.62 bits per heavy atom. The molecule has 0 radical (unpaired) electrons. The van der Waals surface area contributed by atoms with Gasteiger partial charge < -0.3 is 0 Å². The first-order valence-electron chi connectivity index (χ1n) is 2.10. The zero-order chi connectivity index (χ0) is 5.98. The van der Waals surface area contributed by atoms with Gasteiger partial charge in [-0.05, 0) is 20.7 Å². The van der Waals surface area contributed by atoms with Gasteiger partial charge in [0.05, 0.1) is 4.48 Å². The number of hydrogen-bond acceptors (Lipinski definition) is 2. The SMILES string of the molecule is O=[N+]1C=NC=C(Br)C1. The van der Waals surface area contributed by atoms with Gasteiger partial charge in [0.15, 0.2) is 12.7 Å². The molecule has 0 spiro atoms. The van der Waals surface area contributed by atoms with E-state index in [1.54, 1.807) is 6.20 Å². The fraction of sp³-hybridized carbons (Fsp3) is 0.250. The Kier molecular flexibility index (Phi) is 1.53. The summed E-state index contributed by atoms with van der Waals surface area (Å²) >= 11 is 3.13. The van der Waals surface area contributed by atoms with Gasteiger partial charge in [0.1, 0.15) is 0 Å². The standard InChI is InChI=1S/C4H4BrN2O/c5-4-1-6-3-7(8)2-4/h1,3H,2H2/q+1. The molecule has 0 saturated carbocycles. The van der Waals surface area contributed by atoms with Crippen LogP contribution in [0, 0.1) is 4.91 Å². The van der Waals surface area contributed by atoms with Crippen LogP contribution in [0.2, 0.25) is 0 Å². The smallest absolute Gasteiger partial charge is 0.0654 e. The van der Waals surface area contributed by atoms with Crippen molar-refractivity contribution in [1.29, 1.82) is 0 Å². The molecule has 1 heterocycles. The number of halogens is 1. The average molecular weight is 176 g/mol. The molecule has 0 aromatic carbocycles. The van der Waals surface area contributed by atoms with Crippen molar-refractivity contribution in [3.63, 3.8) is 0 Å². The minimum absolute atomic E-state index is 0.378. The predicted molar refractivity (Wildman–Crippen MR) is 34.0 cm³/mol. The third kappa shape index (κ3) is 1.23. The van der Waals surface area contributed by atoms with Crippen LogP contribution in [0.5, 0.6) is 0 Å². The zero-order valence-electron chi connectivity index (χ0n) is 4.04. The van der Waals surface area contributed by atoms with Gasteiger partial charge in [-0.15, -0.1) is 0 Å². The molecular formula is C4H4BrN2O+. The second kappa shape index (κ2) is 2.17. The lowest BCUT2D eigenvalue weighted by atomic mass is 10.6. The van der Waals surface area contributed by atoms with Gasteiger partial charge >= 0.3 is 6.34 Å². The fourth-order valence-electron chi connectivity index (χ4n) is 0.419. The maximum absolute atomic E-state index is 10.4. The Labute approximate surface area is 54.8 Å². The summed E-state index contributed by atoms with van der Waals surface area (Å²) in [5.74, 6) is 0. The summed E-state index contributed by atoms with van der Waals surface area (Å²) in [7, 11) is 0. The van der Waals surface area contributed by atoms with Gasteiger partial charge in [0.2, 0.25) is 0 Å². The molecule has 0 amide bonds. The molecular weight excluding hydrogens is 172 g/mol. The van der Waals surface area contributed by atoms with E-state index in [-0.39, 0.29) is 0 Å². The van der Waals surface area contributed by atoms with E-state index in [0.717, 1.165) is 9.24 Å². The average Bonchev–Trinajstić information content (AvgIpc) is 1.64. The molecule has 1 aliphatic rings. The van der Waals surface area contributed by atoms with Crippen LogP contribution in [0.4, 0.5) is 0 Å². The lowest BCUT2D eigenvalue weighted by molar-refractivity contribution is -0.411. The quantitative estimate of drug-likeness (QED) is 0.507. The van der Waals surface area contributed by atoms with Crippen molar-refractivity contribution >= 4 is 22.3 Å². The summed E-state index contributed by atoms with van der Waals surface area (Å²) in [6.07, 6.45) is 2.85. The van der Waals surface area contributed by atoms with Crippen LogP contribution in [0.3, 0.4) is 0 Å². The van der Waals surface area contributed by atoms with Gasteiger partial charge in [-0.1, -0.05) is 9.90 Å². The van der Waals surface area contributed by atoms with E-state index in [1.165, 1.54) is 6.34 Å². The molecule has 0 unspecified atom stereocenters. The van der Waals surface area contributed by atoms with Crippen LogP contribution in [-0.2, 0) is 0 Å². The number of nitrogens with zero attached hydrogens (tertiary/aromatic N) is 2. The molecule has 4 heteroatoms. The minimum Gasteiger partial charge on any atom is -0.0654 e. The van der Waals surface area contributed by atoms with Crippen molar-refractivity contribution in [2.45, 2.75) is 0 Å². The summed E-state index contributed by atoms with van der Waals surface area (Å²) in [5, 5.41) is 0. The van der Waals surface area contributed by atoms with Crippen molar-refractivity contribution in [2.75, 3.05) is 6.54 Å². The first-order chi connectivity index (χ1) is 3.79. The summed E-state index contributed by atoms with van der Waals surface area (Å²) < 4.78 is 1.57. The number of nitroso groups, excluding NO2 is 1. The van der Waals surface area contributed by atoms with Gasteiger partial charge in [-0.3, -0.25) is 0 Å². The van der Waals surface area contributed by atoms with Crippen molar-refractivity contribution in [3.8, 4) is 0 Å². The number of aliphatic imine (C=N–C) groups is 1. The molecule has 0 atom stereocenters. The molecule has 0 aromatic rings.